The van der Waals surface area contributed by atoms with Crippen molar-refractivity contribution >= 4 is 22.6 Å². The van der Waals surface area contributed by atoms with Crippen LogP contribution in [-0.2, 0) is 4.79 Å². The number of fused-ring (bicyclic) bond motifs is 1. The Labute approximate surface area is 205 Å². The van der Waals surface area contributed by atoms with Crippen LogP contribution in [0.15, 0.2) is 59.5 Å². The number of hydrogen-bond acceptors (Lipinski definition) is 5. The summed E-state index contributed by atoms with van der Waals surface area (Å²) in [6.07, 6.45) is -1.20. The van der Waals surface area contributed by atoms with E-state index in [0.717, 1.165) is 19.0 Å². The number of likely N-dealkylation sites (tertiary alicyclic amines) is 1. The van der Waals surface area contributed by atoms with Crippen molar-refractivity contribution in [3.63, 3.8) is 0 Å². The monoisotopic (exact) mass is 504 g/mol. The Bertz CT molecular complexity index is 1240. The van der Waals surface area contributed by atoms with Crippen LogP contribution in [0.1, 0.15) is 41.7 Å². The predicted octanol–water partition coefficient (Wildman–Crippen LogP) is 3.76. The summed E-state index contributed by atoms with van der Waals surface area (Å²) in [5.74, 6) is -2.19. The van der Waals surface area contributed by atoms with E-state index in [1.165, 1.54) is 24.6 Å². The van der Waals surface area contributed by atoms with Crippen molar-refractivity contribution in [3.8, 4) is 0 Å². The van der Waals surface area contributed by atoms with Gasteiger partial charge in [-0.1, -0.05) is 43.3 Å². The predicted molar refractivity (Wildman–Crippen MR) is 128 cm³/mol. The number of alkyl halides is 3. The van der Waals surface area contributed by atoms with Crippen LogP contribution in [0.25, 0.3) is 10.8 Å². The molecule has 11 heteroatoms. The summed E-state index contributed by atoms with van der Waals surface area (Å²) >= 11 is 0. The molecular weight excluding hydrogens is 477 g/mol. The van der Waals surface area contributed by atoms with E-state index in [-0.39, 0.29) is 17.5 Å². The number of aromatic nitrogens is 2. The third-order valence-electron chi connectivity index (χ3n) is 6.10. The fraction of sp³-hybridized carbons (Fsp3) is 0.360. The number of amides is 1. The Morgan fingerprint density at radius 2 is 1.75 bits per heavy atom. The van der Waals surface area contributed by atoms with Crippen molar-refractivity contribution in [1.29, 1.82) is 0 Å². The van der Waals surface area contributed by atoms with Gasteiger partial charge in [0.25, 0.3) is 11.5 Å². The van der Waals surface area contributed by atoms with Crippen LogP contribution < -0.4 is 10.9 Å². The SMILES string of the molecule is CC1CCN(C(CNC(=O)c2cccc3c(=O)[nH]ncc23)c2ccccc2)CC1.O=C(O)C(F)(F)F. The van der Waals surface area contributed by atoms with Crippen molar-refractivity contribution in [1.82, 2.24) is 20.4 Å². The lowest BCUT2D eigenvalue weighted by molar-refractivity contribution is -0.192. The lowest BCUT2D eigenvalue weighted by Crippen LogP contribution is -2.42. The first-order valence-electron chi connectivity index (χ1n) is 11.4. The standard InChI is InChI=1S/C23H26N4O2.C2HF3O2/c1-16-10-12-27(13-11-16)21(17-6-3-2-4-7-17)15-24-22(28)18-8-5-9-19-20(18)14-25-26-23(19)29;3-2(4,5)1(6)7/h2-9,14,16,21H,10-13,15H2,1H3,(H,24,28)(H,26,29);(H,6,7). The fourth-order valence-electron chi connectivity index (χ4n) is 4.07. The number of carboxylic acid groups (broad SMARTS) is 1. The van der Waals surface area contributed by atoms with Crippen molar-refractivity contribution in [2.45, 2.75) is 32.0 Å². The summed E-state index contributed by atoms with van der Waals surface area (Å²) in [7, 11) is 0. The molecule has 2 heterocycles. The van der Waals surface area contributed by atoms with Gasteiger partial charge in [0.2, 0.25) is 0 Å². The van der Waals surface area contributed by atoms with E-state index in [2.05, 4.69) is 39.5 Å². The number of nitrogens with zero attached hydrogens (tertiary/aromatic N) is 2. The van der Waals surface area contributed by atoms with Crippen molar-refractivity contribution < 1.29 is 27.9 Å². The lowest BCUT2D eigenvalue weighted by Gasteiger charge is -2.37. The molecule has 3 N–H and O–H groups in total. The second-order valence-corrected chi connectivity index (χ2v) is 8.62. The summed E-state index contributed by atoms with van der Waals surface area (Å²) < 4.78 is 31.7. The molecule has 3 aromatic rings. The molecule has 0 aliphatic carbocycles. The lowest BCUT2D eigenvalue weighted by atomic mass is 9.95. The quantitative estimate of drug-likeness (QED) is 0.488. The zero-order valence-electron chi connectivity index (χ0n) is 19.6. The maximum atomic E-state index is 13.0. The largest absolute Gasteiger partial charge is 0.490 e. The Hall–Kier alpha value is -3.73. The average Bonchev–Trinajstić information content (AvgIpc) is 2.85. The van der Waals surface area contributed by atoms with Crippen LogP contribution in [0.4, 0.5) is 13.2 Å². The first-order chi connectivity index (χ1) is 17.1. The van der Waals surface area contributed by atoms with E-state index >= 15 is 0 Å². The smallest absolute Gasteiger partial charge is 0.475 e. The summed E-state index contributed by atoms with van der Waals surface area (Å²) in [5, 5.41) is 17.5. The minimum atomic E-state index is -5.08. The molecule has 192 valence electrons. The number of carboxylic acids is 1. The molecule has 1 aliphatic rings. The summed E-state index contributed by atoms with van der Waals surface area (Å²) in [6.45, 7) is 4.88. The molecule has 0 spiro atoms. The third kappa shape index (κ3) is 6.91. The first kappa shape index (κ1) is 26.9. The molecule has 0 radical (unpaired) electrons. The van der Waals surface area contributed by atoms with E-state index in [0.29, 0.717) is 22.9 Å². The molecule has 1 amide bonds. The molecule has 1 fully saturated rings. The second kappa shape index (κ2) is 11.8. The fourth-order valence-corrected chi connectivity index (χ4v) is 4.07. The first-order valence-corrected chi connectivity index (χ1v) is 11.4. The van der Waals surface area contributed by atoms with E-state index < -0.39 is 12.1 Å². The van der Waals surface area contributed by atoms with Gasteiger partial charge < -0.3 is 10.4 Å². The molecule has 0 bridgehead atoms. The molecule has 1 saturated heterocycles. The zero-order chi connectivity index (χ0) is 26.3. The Morgan fingerprint density at radius 1 is 1.11 bits per heavy atom. The highest BCUT2D eigenvalue weighted by atomic mass is 19.4. The van der Waals surface area contributed by atoms with Crippen LogP contribution >= 0.6 is 0 Å². The molecule has 1 aliphatic heterocycles. The highest BCUT2D eigenvalue weighted by Gasteiger charge is 2.38. The van der Waals surface area contributed by atoms with Gasteiger partial charge in [-0.15, -0.1) is 0 Å². The normalized spacial score (nSPS) is 15.6. The summed E-state index contributed by atoms with van der Waals surface area (Å²) in [5.41, 5.74) is 1.39. The number of aliphatic carboxylic acids is 1. The van der Waals surface area contributed by atoms with Gasteiger partial charge in [-0.25, -0.2) is 9.89 Å². The highest BCUT2D eigenvalue weighted by Crippen LogP contribution is 2.26. The van der Waals surface area contributed by atoms with Gasteiger partial charge in [0.15, 0.2) is 0 Å². The minimum Gasteiger partial charge on any atom is -0.475 e. The summed E-state index contributed by atoms with van der Waals surface area (Å²) in [4.78, 5) is 36.3. The van der Waals surface area contributed by atoms with Crippen LogP contribution in [0.2, 0.25) is 0 Å². The Kier molecular flexibility index (Phi) is 8.81. The van der Waals surface area contributed by atoms with Gasteiger partial charge in [0.1, 0.15) is 0 Å². The van der Waals surface area contributed by atoms with Gasteiger partial charge in [-0.2, -0.15) is 18.3 Å². The van der Waals surface area contributed by atoms with Crippen molar-refractivity contribution in [2.75, 3.05) is 19.6 Å². The average molecular weight is 505 g/mol. The van der Waals surface area contributed by atoms with E-state index in [9.17, 15) is 22.8 Å². The van der Waals surface area contributed by atoms with Crippen LogP contribution in [0.3, 0.4) is 0 Å². The molecule has 1 aromatic heterocycles. The van der Waals surface area contributed by atoms with Crippen molar-refractivity contribution in [2.24, 2.45) is 5.92 Å². The maximum absolute atomic E-state index is 13.0. The van der Waals surface area contributed by atoms with Crippen LogP contribution in [0, 0.1) is 5.92 Å². The van der Waals surface area contributed by atoms with Crippen LogP contribution in [0.5, 0.6) is 0 Å². The third-order valence-corrected chi connectivity index (χ3v) is 6.10. The van der Waals surface area contributed by atoms with Gasteiger partial charge in [0, 0.05) is 17.5 Å². The number of halogens is 3. The van der Waals surface area contributed by atoms with Crippen LogP contribution in [-0.4, -0.2) is 57.9 Å². The van der Waals surface area contributed by atoms with Gasteiger partial charge >= 0.3 is 12.1 Å². The van der Waals surface area contributed by atoms with Crippen molar-refractivity contribution in [3.05, 3.63) is 76.2 Å². The molecule has 36 heavy (non-hydrogen) atoms. The number of carbonyl (C=O) groups excluding carboxylic acids is 1. The molecule has 0 saturated carbocycles. The maximum Gasteiger partial charge on any atom is 0.490 e. The second-order valence-electron chi connectivity index (χ2n) is 8.62. The number of aromatic amines is 1. The topological polar surface area (TPSA) is 115 Å². The van der Waals surface area contributed by atoms with E-state index in [1.807, 2.05) is 18.2 Å². The molecule has 2 aromatic carbocycles. The van der Waals surface area contributed by atoms with Gasteiger partial charge in [0.05, 0.1) is 17.6 Å². The van der Waals surface area contributed by atoms with E-state index in [1.54, 1.807) is 18.2 Å². The van der Waals surface area contributed by atoms with E-state index in [4.69, 9.17) is 9.90 Å². The number of carbonyl (C=O) groups is 2. The molecule has 8 nitrogen and oxygen atoms in total. The number of hydrogen-bond donors (Lipinski definition) is 3. The Balaban J connectivity index is 0.000000454. The number of nitrogens with one attached hydrogen (secondary N) is 2. The summed E-state index contributed by atoms with van der Waals surface area (Å²) in [6, 6.07) is 15.6. The van der Waals surface area contributed by atoms with Gasteiger partial charge in [-0.05, 0) is 49.5 Å². The highest BCUT2D eigenvalue weighted by molar-refractivity contribution is 6.06. The molecule has 1 atom stereocenters. The number of piperidine rings is 1. The molecule has 4 rings (SSSR count). The molecule has 1 unspecified atom stereocenters. The zero-order valence-corrected chi connectivity index (χ0v) is 19.6. The van der Waals surface area contributed by atoms with Gasteiger partial charge in [-0.3, -0.25) is 14.5 Å². The number of rotatable bonds is 5. The molecular formula is C25H27F3N4O4. The minimum absolute atomic E-state index is 0.129. The number of benzene rings is 2. The number of H-pyrrole nitrogens is 1. The Morgan fingerprint density at radius 3 is 2.36 bits per heavy atom.